The zero-order valence-corrected chi connectivity index (χ0v) is 8.65. The molecule has 1 aliphatic rings. The van der Waals surface area contributed by atoms with Gasteiger partial charge in [-0.1, -0.05) is 6.08 Å². The Morgan fingerprint density at radius 3 is 3.12 bits per heavy atom. The molecule has 0 aliphatic carbocycles. The first kappa shape index (κ1) is 9.57. The number of pyridine rings is 1. The molecule has 3 heterocycles. The molecule has 0 radical (unpaired) electrons. The lowest BCUT2D eigenvalue weighted by atomic mass is 10.3. The fourth-order valence-corrected chi connectivity index (χ4v) is 1.94. The molecule has 0 amide bonds. The number of aliphatic hydroxyl groups excluding tert-OH is 1. The molecule has 1 N–H and O–H groups in total. The molecule has 2 aromatic rings. The van der Waals surface area contributed by atoms with Gasteiger partial charge in [0.25, 0.3) is 0 Å². The molecule has 0 saturated carbocycles. The van der Waals surface area contributed by atoms with Gasteiger partial charge in [0, 0.05) is 17.8 Å². The van der Waals surface area contributed by atoms with Crippen molar-refractivity contribution < 1.29 is 9.84 Å². The van der Waals surface area contributed by atoms with E-state index >= 15 is 0 Å². The summed E-state index contributed by atoms with van der Waals surface area (Å²) in [4.78, 5) is 4.32. The number of aromatic nitrogens is 2. The number of rotatable bonds is 2. The third-order valence-corrected chi connectivity index (χ3v) is 2.73. The van der Waals surface area contributed by atoms with Crippen molar-refractivity contribution in [3.63, 3.8) is 0 Å². The van der Waals surface area contributed by atoms with Crippen molar-refractivity contribution >= 4 is 11.0 Å². The molecule has 0 fully saturated rings. The van der Waals surface area contributed by atoms with Crippen LogP contribution >= 0.6 is 0 Å². The molecule has 0 saturated heterocycles. The van der Waals surface area contributed by atoms with E-state index in [4.69, 9.17) is 9.84 Å². The zero-order chi connectivity index (χ0) is 11.0. The van der Waals surface area contributed by atoms with Crippen molar-refractivity contribution in [3.8, 4) is 0 Å². The van der Waals surface area contributed by atoms with E-state index in [9.17, 15) is 0 Å². The van der Waals surface area contributed by atoms with E-state index in [1.54, 1.807) is 6.20 Å². The number of hydrogen-bond acceptors (Lipinski definition) is 3. The third kappa shape index (κ3) is 1.43. The second-order valence-corrected chi connectivity index (χ2v) is 3.77. The molecular weight excluding hydrogens is 204 g/mol. The Hall–Kier alpha value is -1.65. The maximum absolute atomic E-state index is 8.99. The van der Waals surface area contributed by atoms with Gasteiger partial charge in [-0.2, -0.15) is 0 Å². The van der Waals surface area contributed by atoms with E-state index in [1.807, 2.05) is 41.1 Å². The molecular formula is C12H12N2O2. The highest BCUT2D eigenvalue weighted by molar-refractivity contribution is 5.75. The summed E-state index contributed by atoms with van der Waals surface area (Å²) >= 11 is 0. The summed E-state index contributed by atoms with van der Waals surface area (Å²) < 4.78 is 7.58. The van der Waals surface area contributed by atoms with E-state index < -0.39 is 0 Å². The number of fused-ring (bicyclic) bond motifs is 1. The van der Waals surface area contributed by atoms with Gasteiger partial charge in [-0.25, -0.2) is 4.98 Å². The van der Waals surface area contributed by atoms with Gasteiger partial charge in [0.1, 0.15) is 11.8 Å². The lowest BCUT2D eigenvalue weighted by Crippen LogP contribution is -2.15. The largest absolute Gasteiger partial charge is 0.393 e. The van der Waals surface area contributed by atoms with Crippen LogP contribution in [-0.4, -0.2) is 27.4 Å². The normalized spacial score (nSPS) is 24.3. The number of nitrogens with zero attached hydrogens (tertiary/aromatic N) is 2. The quantitative estimate of drug-likeness (QED) is 0.773. The number of hydrogen-bond donors (Lipinski definition) is 1. The van der Waals surface area contributed by atoms with Gasteiger partial charge >= 0.3 is 0 Å². The molecule has 4 nitrogen and oxygen atoms in total. The standard InChI is InChI=1S/C12H12N2O2/c15-8-10-3-4-11(16-10)14-7-5-9-2-1-6-13-12(9)14/h1-7,10-11,15H,8H2/t10-,11+/m0/s1. The van der Waals surface area contributed by atoms with E-state index in [1.165, 1.54) is 0 Å². The van der Waals surface area contributed by atoms with Gasteiger partial charge in [-0.05, 0) is 24.3 Å². The molecule has 4 heteroatoms. The van der Waals surface area contributed by atoms with Crippen molar-refractivity contribution in [2.45, 2.75) is 12.3 Å². The van der Waals surface area contributed by atoms with Gasteiger partial charge in [0.2, 0.25) is 0 Å². The fraction of sp³-hybridized carbons (Fsp3) is 0.250. The summed E-state index contributed by atoms with van der Waals surface area (Å²) in [7, 11) is 0. The van der Waals surface area contributed by atoms with Crippen molar-refractivity contribution in [2.75, 3.05) is 6.61 Å². The van der Waals surface area contributed by atoms with E-state index in [0.717, 1.165) is 11.0 Å². The first-order chi connectivity index (χ1) is 7.88. The highest BCUT2D eigenvalue weighted by Crippen LogP contribution is 2.25. The Morgan fingerprint density at radius 1 is 1.38 bits per heavy atom. The molecule has 1 aliphatic heterocycles. The van der Waals surface area contributed by atoms with Crippen molar-refractivity contribution in [2.24, 2.45) is 0 Å². The molecule has 16 heavy (non-hydrogen) atoms. The Balaban J connectivity index is 1.98. The first-order valence-corrected chi connectivity index (χ1v) is 5.25. The van der Waals surface area contributed by atoms with Crippen LogP contribution in [-0.2, 0) is 4.74 Å². The highest BCUT2D eigenvalue weighted by atomic mass is 16.5. The SMILES string of the molecule is OC[C@@H]1C=C[C@H](n2ccc3cccnc32)O1. The van der Waals surface area contributed by atoms with Crippen LogP contribution in [0.4, 0.5) is 0 Å². The molecule has 2 atom stereocenters. The van der Waals surface area contributed by atoms with Crippen LogP contribution in [0.1, 0.15) is 6.23 Å². The van der Waals surface area contributed by atoms with Crippen molar-refractivity contribution in [1.82, 2.24) is 9.55 Å². The van der Waals surface area contributed by atoms with Crippen LogP contribution in [0.2, 0.25) is 0 Å². The van der Waals surface area contributed by atoms with Gasteiger partial charge < -0.3 is 14.4 Å². The van der Waals surface area contributed by atoms with E-state index in [2.05, 4.69) is 4.98 Å². The molecule has 0 bridgehead atoms. The van der Waals surface area contributed by atoms with Crippen LogP contribution in [0.5, 0.6) is 0 Å². The zero-order valence-electron chi connectivity index (χ0n) is 8.65. The van der Waals surface area contributed by atoms with Crippen molar-refractivity contribution in [3.05, 3.63) is 42.7 Å². The fourth-order valence-electron chi connectivity index (χ4n) is 1.94. The van der Waals surface area contributed by atoms with Crippen LogP contribution in [0, 0.1) is 0 Å². The van der Waals surface area contributed by atoms with Gasteiger partial charge in [-0.3, -0.25) is 0 Å². The monoisotopic (exact) mass is 216 g/mol. The number of ether oxygens (including phenoxy) is 1. The molecule has 2 aromatic heterocycles. The predicted molar refractivity (Wildman–Crippen MR) is 59.9 cm³/mol. The second kappa shape index (κ2) is 3.73. The summed E-state index contributed by atoms with van der Waals surface area (Å²) in [5.74, 6) is 0. The van der Waals surface area contributed by atoms with Crippen LogP contribution in [0.25, 0.3) is 11.0 Å². The predicted octanol–water partition coefficient (Wildman–Crippen LogP) is 1.48. The maximum Gasteiger partial charge on any atom is 0.155 e. The average Bonchev–Trinajstić information content (AvgIpc) is 2.94. The Labute approximate surface area is 92.8 Å². The minimum Gasteiger partial charge on any atom is -0.393 e. The smallest absolute Gasteiger partial charge is 0.155 e. The molecule has 82 valence electrons. The minimum absolute atomic E-state index is 0.0135. The van der Waals surface area contributed by atoms with Crippen LogP contribution in [0.15, 0.2) is 42.7 Å². The Kier molecular flexibility index (Phi) is 2.23. The van der Waals surface area contributed by atoms with Gasteiger partial charge in [-0.15, -0.1) is 0 Å². The molecule has 0 aromatic carbocycles. The third-order valence-electron chi connectivity index (χ3n) is 2.73. The van der Waals surface area contributed by atoms with Crippen molar-refractivity contribution in [1.29, 1.82) is 0 Å². The lowest BCUT2D eigenvalue weighted by Gasteiger charge is -2.14. The molecule has 0 spiro atoms. The van der Waals surface area contributed by atoms with Crippen LogP contribution < -0.4 is 0 Å². The summed E-state index contributed by atoms with van der Waals surface area (Å²) in [6.07, 6.45) is 7.16. The molecule has 3 rings (SSSR count). The average molecular weight is 216 g/mol. The van der Waals surface area contributed by atoms with Gasteiger partial charge in [0.05, 0.1) is 6.61 Å². The summed E-state index contributed by atoms with van der Waals surface area (Å²) in [6, 6.07) is 5.93. The summed E-state index contributed by atoms with van der Waals surface area (Å²) in [6.45, 7) is 0.0135. The Morgan fingerprint density at radius 2 is 2.31 bits per heavy atom. The van der Waals surface area contributed by atoms with E-state index in [-0.39, 0.29) is 18.9 Å². The van der Waals surface area contributed by atoms with Gasteiger partial charge in [0.15, 0.2) is 6.23 Å². The Bertz CT molecular complexity index is 533. The topological polar surface area (TPSA) is 47.3 Å². The summed E-state index contributed by atoms with van der Waals surface area (Å²) in [5, 5.41) is 10.1. The second-order valence-electron chi connectivity index (χ2n) is 3.77. The lowest BCUT2D eigenvalue weighted by molar-refractivity contribution is -0.00613. The number of aliphatic hydroxyl groups is 1. The first-order valence-electron chi connectivity index (χ1n) is 5.25. The minimum atomic E-state index is -0.203. The van der Waals surface area contributed by atoms with E-state index in [0.29, 0.717) is 0 Å². The maximum atomic E-state index is 8.99. The summed E-state index contributed by atoms with van der Waals surface area (Å²) in [5.41, 5.74) is 0.899. The van der Waals surface area contributed by atoms with Crippen LogP contribution in [0.3, 0.4) is 0 Å². The molecule has 0 unspecified atom stereocenters. The highest BCUT2D eigenvalue weighted by Gasteiger charge is 2.20.